The minimum absolute atomic E-state index is 0.223. The molecule has 1 aromatic carbocycles. The smallest absolute Gasteiger partial charge is 0.211 e. The number of halogens is 1. The van der Waals surface area contributed by atoms with E-state index in [1.165, 1.54) is 0 Å². The molecule has 1 saturated carbocycles. The third-order valence-corrected chi connectivity index (χ3v) is 3.41. The number of hydrogen-bond acceptors (Lipinski definition) is 2. The van der Waals surface area contributed by atoms with Gasteiger partial charge in [0.15, 0.2) is 0 Å². The van der Waals surface area contributed by atoms with Crippen molar-refractivity contribution in [3.8, 4) is 0 Å². The van der Waals surface area contributed by atoms with Crippen LogP contribution in [-0.2, 0) is 10.3 Å². The molecule has 2 nitrogen and oxygen atoms in total. The van der Waals surface area contributed by atoms with E-state index in [4.69, 9.17) is 0 Å². The van der Waals surface area contributed by atoms with Crippen LogP contribution in [-0.4, -0.2) is 6.08 Å². The van der Waals surface area contributed by atoms with Crippen molar-refractivity contribution in [2.24, 2.45) is 4.99 Å². The van der Waals surface area contributed by atoms with E-state index in [2.05, 4.69) is 4.99 Å². The molecular formula is C13H14FNO. The van der Waals surface area contributed by atoms with Crippen LogP contribution in [0.2, 0.25) is 0 Å². The van der Waals surface area contributed by atoms with Gasteiger partial charge in [-0.25, -0.2) is 9.18 Å². The molecule has 1 aromatic rings. The summed E-state index contributed by atoms with van der Waals surface area (Å²) in [5, 5.41) is 0. The van der Waals surface area contributed by atoms with Crippen molar-refractivity contribution in [3.63, 3.8) is 0 Å². The maximum atomic E-state index is 14.1. The zero-order valence-corrected chi connectivity index (χ0v) is 9.72. The zero-order valence-electron chi connectivity index (χ0n) is 9.72. The van der Waals surface area contributed by atoms with Crippen molar-refractivity contribution >= 4 is 6.08 Å². The summed E-state index contributed by atoms with van der Waals surface area (Å²) in [7, 11) is 0. The third kappa shape index (κ3) is 1.48. The van der Waals surface area contributed by atoms with Gasteiger partial charge in [-0.2, -0.15) is 4.99 Å². The molecule has 0 saturated heterocycles. The summed E-state index contributed by atoms with van der Waals surface area (Å²) in [4.78, 5) is 14.2. The first-order chi connectivity index (χ1) is 7.52. The fourth-order valence-corrected chi connectivity index (χ4v) is 2.23. The lowest BCUT2D eigenvalue weighted by atomic mass is 9.93. The molecule has 3 heteroatoms. The Balaban J connectivity index is 2.69. The van der Waals surface area contributed by atoms with E-state index in [-0.39, 0.29) is 5.82 Å². The summed E-state index contributed by atoms with van der Waals surface area (Å²) in [6.45, 7) is 5.57. The molecule has 0 bridgehead atoms. The lowest BCUT2D eigenvalue weighted by molar-refractivity contribution is 0.544. The van der Waals surface area contributed by atoms with Gasteiger partial charge in [0, 0.05) is 5.56 Å². The summed E-state index contributed by atoms with van der Waals surface area (Å²) in [5.41, 5.74) is 2.53. The molecule has 0 spiro atoms. The normalized spacial score (nSPS) is 16.8. The average molecular weight is 219 g/mol. The number of rotatable bonds is 2. The Morgan fingerprint density at radius 1 is 1.31 bits per heavy atom. The van der Waals surface area contributed by atoms with Crippen LogP contribution in [0.25, 0.3) is 0 Å². The molecule has 84 valence electrons. The monoisotopic (exact) mass is 219 g/mol. The van der Waals surface area contributed by atoms with E-state index in [9.17, 15) is 9.18 Å². The fourth-order valence-electron chi connectivity index (χ4n) is 2.23. The maximum absolute atomic E-state index is 14.1. The Kier molecular flexibility index (Phi) is 2.43. The molecule has 1 fully saturated rings. The number of carbonyl (C=O) groups excluding carboxylic acids is 1. The minimum Gasteiger partial charge on any atom is -0.211 e. The van der Waals surface area contributed by atoms with E-state index in [0.717, 1.165) is 24.0 Å². The standard InChI is InChI=1S/C13H14FNO/c1-8-6-9(2)12(14)11(10(8)3)13(4-5-13)15-7-16/h6H,4-5H2,1-3H3. The molecule has 0 N–H and O–H groups in total. The first kappa shape index (κ1) is 11.0. The van der Waals surface area contributed by atoms with E-state index >= 15 is 0 Å². The van der Waals surface area contributed by atoms with Gasteiger partial charge >= 0.3 is 0 Å². The van der Waals surface area contributed by atoms with Gasteiger partial charge < -0.3 is 0 Å². The molecule has 2 rings (SSSR count). The van der Waals surface area contributed by atoms with Crippen LogP contribution < -0.4 is 0 Å². The van der Waals surface area contributed by atoms with Crippen molar-refractivity contribution in [2.45, 2.75) is 39.2 Å². The van der Waals surface area contributed by atoms with Crippen LogP contribution in [0, 0.1) is 26.6 Å². The molecule has 0 heterocycles. The topological polar surface area (TPSA) is 29.4 Å². The third-order valence-electron chi connectivity index (χ3n) is 3.41. The fraction of sp³-hybridized carbons (Fsp3) is 0.462. The van der Waals surface area contributed by atoms with Crippen LogP contribution >= 0.6 is 0 Å². The quantitative estimate of drug-likeness (QED) is 0.555. The number of aliphatic imine (C=N–C) groups is 1. The van der Waals surface area contributed by atoms with Gasteiger partial charge in [0.1, 0.15) is 11.4 Å². The summed E-state index contributed by atoms with van der Waals surface area (Å²) in [6.07, 6.45) is 3.05. The van der Waals surface area contributed by atoms with Gasteiger partial charge in [-0.3, -0.25) is 0 Å². The van der Waals surface area contributed by atoms with Gasteiger partial charge in [-0.15, -0.1) is 0 Å². The van der Waals surface area contributed by atoms with Gasteiger partial charge in [0.05, 0.1) is 0 Å². The second-order valence-electron chi connectivity index (χ2n) is 4.56. The van der Waals surface area contributed by atoms with Gasteiger partial charge in [0.25, 0.3) is 0 Å². The highest BCUT2D eigenvalue weighted by atomic mass is 19.1. The Labute approximate surface area is 94.2 Å². The minimum atomic E-state index is -0.618. The first-order valence-corrected chi connectivity index (χ1v) is 5.37. The Morgan fingerprint density at radius 3 is 2.44 bits per heavy atom. The SMILES string of the molecule is Cc1cc(C)c(F)c(C2(N=C=O)CC2)c1C. The van der Waals surface area contributed by atoms with Gasteiger partial charge in [0.2, 0.25) is 6.08 Å². The van der Waals surface area contributed by atoms with Crippen LogP contribution in [0.1, 0.15) is 35.1 Å². The average Bonchev–Trinajstić information content (AvgIpc) is 2.97. The van der Waals surface area contributed by atoms with Crippen molar-refractivity contribution in [2.75, 3.05) is 0 Å². The molecule has 0 amide bonds. The highest BCUT2D eigenvalue weighted by Gasteiger charge is 2.48. The molecule has 1 aliphatic rings. The summed E-state index contributed by atoms with van der Waals surface area (Å²) < 4.78 is 14.1. The Hall–Kier alpha value is -1.47. The number of nitrogens with zero attached hydrogens (tertiary/aromatic N) is 1. The lowest BCUT2D eigenvalue weighted by Gasteiger charge is -2.17. The predicted octanol–water partition coefficient (Wildman–Crippen LogP) is 3.08. The van der Waals surface area contributed by atoms with Crippen molar-refractivity contribution in [3.05, 3.63) is 34.1 Å². The first-order valence-electron chi connectivity index (χ1n) is 5.37. The second kappa shape index (κ2) is 3.53. The van der Waals surface area contributed by atoms with Crippen LogP contribution in [0.15, 0.2) is 11.1 Å². The highest BCUT2D eigenvalue weighted by Crippen LogP contribution is 2.51. The number of hydrogen-bond donors (Lipinski definition) is 0. The van der Waals surface area contributed by atoms with Crippen LogP contribution in [0.4, 0.5) is 4.39 Å². The highest BCUT2D eigenvalue weighted by molar-refractivity contribution is 5.48. The number of benzene rings is 1. The summed E-state index contributed by atoms with van der Waals surface area (Å²) >= 11 is 0. The van der Waals surface area contributed by atoms with Crippen molar-refractivity contribution in [1.29, 1.82) is 0 Å². The summed E-state index contributed by atoms with van der Waals surface area (Å²) in [6, 6.07) is 1.83. The van der Waals surface area contributed by atoms with Crippen molar-refractivity contribution < 1.29 is 9.18 Å². The summed E-state index contributed by atoms with van der Waals surface area (Å²) in [5.74, 6) is -0.223. The van der Waals surface area contributed by atoms with Crippen molar-refractivity contribution in [1.82, 2.24) is 0 Å². The molecule has 0 radical (unpaired) electrons. The van der Waals surface area contributed by atoms with Gasteiger partial charge in [-0.05, 0) is 50.3 Å². The zero-order chi connectivity index (χ0) is 11.9. The van der Waals surface area contributed by atoms with Gasteiger partial charge in [-0.1, -0.05) is 6.07 Å². The molecule has 16 heavy (non-hydrogen) atoms. The molecule has 0 unspecified atom stereocenters. The van der Waals surface area contributed by atoms with E-state index in [1.807, 2.05) is 19.9 Å². The van der Waals surface area contributed by atoms with E-state index in [0.29, 0.717) is 11.1 Å². The molecule has 0 atom stereocenters. The molecule has 0 aliphatic heterocycles. The Bertz CT molecular complexity index is 471. The number of isocyanates is 1. The van der Waals surface area contributed by atoms with E-state index < -0.39 is 5.54 Å². The predicted molar refractivity (Wildman–Crippen MR) is 59.6 cm³/mol. The molecular weight excluding hydrogens is 205 g/mol. The number of aryl methyl sites for hydroxylation is 2. The van der Waals surface area contributed by atoms with Crippen LogP contribution in [0.5, 0.6) is 0 Å². The second-order valence-corrected chi connectivity index (χ2v) is 4.56. The lowest BCUT2D eigenvalue weighted by Crippen LogP contribution is -2.11. The van der Waals surface area contributed by atoms with Crippen LogP contribution in [0.3, 0.4) is 0 Å². The molecule has 1 aliphatic carbocycles. The van der Waals surface area contributed by atoms with E-state index in [1.54, 1.807) is 13.0 Å². The maximum Gasteiger partial charge on any atom is 0.235 e. The largest absolute Gasteiger partial charge is 0.235 e. The molecule has 0 aromatic heterocycles. The Morgan fingerprint density at radius 2 is 1.94 bits per heavy atom.